The summed E-state index contributed by atoms with van der Waals surface area (Å²) in [5, 5.41) is 3.46. The van der Waals surface area contributed by atoms with Crippen molar-refractivity contribution in [2.24, 2.45) is 5.92 Å². The summed E-state index contributed by atoms with van der Waals surface area (Å²) < 4.78 is 0. The molecule has 1 aromatic rings. The van der Waals surface area contributed by atoms with Gasteiger partial charge in [-0.1, -0.05) is 17.7 Å². The van der Waals surface area contributed by atoms with Crippen molar-refractivity contribution < 1.29 is 0 Å². The van der Waals surface area contributed by atoms with Gasteiger partial charge in [-0.3, -0.25) is 0 Å². The summed E-state index contributed by atoms with van der Waals surface area (Å²) in [6.45, 7) is 7.15. The molecule has 0 saturated carbocycles. The molecule has 2 aliphatic rings. The zero-order valence-electron chi connectivity index (χ0n) is 12.1. The van der Waals surface area contributed by atoms with Crippen molar-refractivity contribution >= 4 is 5.69 Å². The number of rotatable bonds is 3. The molecule has 0 aromatic heterocycles. The summed E-state index contributed by atoms with van der Waals surface area (Å²) >= 11 is 0. The van der Waals surface area contributed by atoms with E-state index in [2.05, 4.69) is 35.3 Å². The summed E-state index contributed by atoms with van der Waals surface area (Å²) in [6.07, 6.45) is 6.70. The van der Waals surface area contributed by atoms with Crippen LogP contribution in [-0.4, -0.2) is 26.2 Å². The summed E-state index contributed by atoms with van der Waals surface area (Å²) in [7, 11) is 0. The highest BCUT2D eigenvalue weighted by Crippen LogP contribution is 2.29. The van der Waals surface area contributed by atoms with E-state index in [1.165, 1.54) is 69.5 Å². The second-order valence-electron chi connectivity index (χ2n) is 6.20. The van der Waals surface area contributed by atoms with Crippen molar-refractivity contribution in [1.29, 1.82) is 0 Å². The van der Waals surface area contributed by atoms with Crippen LogP contribution in [0.3, 0.4) is 0 Å². The van der Waals surface area contributed by atoms with E-state index < -0.39 is 0 Å². The average molecular weight is 258 g/mol. The van der Waals surface area contributed by atoms with E-state index in [-0.39, 0.29) is 0 Å². The number of hydrogen-bond acceptors (Lipinski definition) is 2. The SMILES string of the molecule is Cc1ccc2c(c1)CCCN2CCC1CCNCC1. The van der Waals surface area contributed by atoms with E-state index in [1.54, 1.807) is 5.56 Å². The quantitative estimate of drug-likeness (QED) is 0.896. The zero-order valence-corrected chi connectivity index (χ0v) is 12.1. The van der Waals surface area contributed by atoms with Crippen molar-refractivity contribution in [2.75, 3.05) is 31.1 Å². The minimum Gasteiger partial charge on any atom is -0.371 e. The second-order valence-corrected chi connectivity index (χ2v) is 6.20. The predicted octanol–water partition coefficient (Wildman–Crippen LogP) is 3.14. The maximum atomic E-state index is 3.46. The van der Waals surface area contributed by atoms with Crippen LogP contribution in [0.15, 0.2) is 18.2 Å². The van der Waals surface area contributed by atoms with Gasteiger partial charge in [0.2, 0.25) is 0 Å². The van der Waals surface area contributed by atoms with Crippen LogP contribution in [0.4, 0.5) is 5.69 Å². The van der Waals surface area contributed by atoms with Gasteiger partial charge in [0.15, 0.2) is 0 Å². The fourth-order valence-corrected chi connectivity index (χ4v) is 3.54. The number of benzene rings is 1. The fraction of sp³-hybridized carbons (Fsp3) is 0.647. The summed E-state index contributed by atoms with van der Waals surface area (Å²) in [5.41, 5.74) is 4.47. The van der Waals surface area contributed by atoms with Gasteiger partial charge in [-0.25, -0.2) is 0 Å². The zero-order chi connectivity index (χ0) is 13.1. The molecular weight excluding hydrogens is 232 g/mol. The van der Waals surface area contributed by atoms with Crippen LogP contribution in [0.1, 0.15) is 36.8 Å². The van der Waals surface area contributed by atoms with Gasteiger partial charge in [0.1, 0.15) is 0 Å². The molecule has 0 atom stereocenters. The third-order valence-corrected chi connectivity index (χ3v) is 4.72. The first-order chi connectivity index (χ1) is 9.33. The molecule has 0 radical (unpaired) electrons. The second kappa shape index (κ2) is 5.96. The van der Waals surface area contributed by atoms with Crippen molar-refractivity contribution in [3.8, 4) is 0 Å². The van der Waals surface area contributed by atoms with Crippen LogP contribution in [0.25, 0.3) is 0 Å². The molecular formula is C17H26N2. The molecule has 19 heavy (non-hydrogen) atoms. The Bertz CT molecular complexity index is 421. The van der Waals surface area contributed by atoms with Gasteiger partial charge in [0.25, 0.3) is 0 Å². The molecule has 1 N–H and O–H groups in total. The highest BCUT2D eigenvalue weighted by Gasteiger charge is 2.19. The van der Waals surface area contributed by atoms with E-state index in [0.717, 1.165) is 5.92 Å². The molecule has 104 valence electrons. The van der Waals surface area contributed by atoms with Crippen molar-refractivity contribution in [2.45, 2.75) is 39.0 Å². The molecule has 2 heteroatoms. The van der Waals surface area contributed by atoms with Gasteiger partial charge in [-0.2, -0.15) is 0 Å². The Hall–Kier alpha value is -1.02. The van der Waals surface area contributed by atoms with E-state index in [4.69, 9.17) is 0 Å². The first-order valence-electron chi connectivity index (χ1n) is 7.88. The Balaban J connectivity index is 1.63. The summed E-state index contributed by atoms with van der Waals surface area (Å²) in [6, 6.07) is 6.99. The molecule has 2 aliphatic heterocycles. The molecule has 2 heterocycles. The molecule has 1 saturated heterocycles. The van der Waals surface area contributed by atoms with Gasteiger partial charge in [0.05, 0.1) is 0 Å². The molecule has 1 fully saturated rings. The first-order valence-corrected chi connectivity index (χ1v) is 7.88. The third kappa shape index (κ3) is 3.11. The Morgan fingerprint density at radius 2 is 2.11 bits per heavy atom. The van der Waals surface area contributed by atoms with E-state index >= 15 is 0 Å². The van der Waals surface area contributed by atoms with Crippen LogP contribution < -0.4 is 10.2 Å². The Labute approximate surface area is 117 Å². The van der Waals surface area contributed by atoms with E-state index in [9.17, 15) is 0 Å². The third-order valence-electron chi connectivity index (χ3n) is 4.72. The summed E-state index contributed by atoms with van der Waals surface area (Å²) in [5.74, 6) is 0.942. The van der Waals surface area contributed by atoms with Gasteiger partial charge >= 0.3 is 0 Å². The normalized spacial score (nSPS) is 20.4. The molecule has 3 rings (SSSR count). The van der Waals surface area contributed by atoms with Crippen molar-refractivity contribution in [3.63, 3.8) is 0 Å². The minimum atomic E-state index is 0.942. The van der Waals surface area contributed by atoms with Crippen molar-refractivity contribution in [3.05, 3.63) is 29.3 Å². The van der Waals surface area contributed by atoms with Crippen LogP contribution in [0.5, 0.6) is 0 Å². The molecule has 0 aliphatic carbocycles. The largest absolute Gasteiger partial charge is 0.371 e. The van der Waals surface area contributed by atoms with Crippen LogP contribution >= 0.6 is 0 Å². The fourth-order valence-electron chi connectivity index (χ4n) is 3.54. The minimum absolute atomic E-state index is 0.942. The van der Waals surface area contributed by atoms with Crippen LogP contribution in [0, 0.1) is 12.8 Å². The number of nitrogens with one attached hydrogen (secondary N) is 1. The lowest BCUT2D eigenvalue weighted by Crippen LogP contribution is -2.34. The Morgan fingerprint density at radius 3 is 2.95 bits per heavy atom. The smallest absolute Gasteiger partial charge is 0.0398 e. The maximum Gasteiger partial charge on any atom is 0.0398 e. The highest BCUT2D eigenvalue weighted by atomic mass is 15.1. The van der Waals surface area contributed by atoms with Crippen molar-refractivity contribution in [1.82, 2.24) is 5.32 Å². The van der Waals surface area contributed by atoms with Gasteiger partial charge in [-0.05, 0) is 69.7 Å². The monoisotopic (exact) mass is 258 g/mol. The standard InChI is InChI=1S/C17H26N2/c1-14-4-5-17-16(13-14)3-2-11-19(17)12-8-15-6-9-18-10-7-15/h4-5,13,15,18H,2-3,6-12H2,1H3. The predicted molar refractivity (Wildman–Crippen MR) is 81.9 cm³/mol. The topological polar surface area (TPSA) is 15.3 Å². The number of anilines is 1. The molecule has 0 unspecified atom stereocenters. The summed E-state index contributed by atoms with van der Waals surface area (Å²) in [4.78, 5) is 2.63. The van der Waals surface area contributed by atoms with Crippen LogP contribution in [-0.2, 0) is 6.42 Å². The molecule has 1 aromatic carbocycles. The number of fused-ring (bicyclic) bond motifs is 1. The lowest BCUT2D eigenvalue weighted by molar-refractivity contribution is 0.354. The van der Waals surface area contributed by atoms with Crippen LogP contribution in [0.2, 0.25) is 0 Å². The van der Waals surface area contributed by atoms with E-state index in [1.807, 2.05) is 0 Å². The number of hydrogen-bond donors (Lipinski definition) is 1. The van der Waals surface area contributed by atoms with Gasteiger partial charge in [-0.15, -0.1) is 0 Å². The molecule has 0 amide bonds. The molecule has 2 nitrogen and oxygen atoms in total. The Morgan fingerprint density at radius 1 is 1.26 bits per heavy atom. The molecule has 0 bridgehead atoms. The maximum absolute atomic E-state index is 3.46. The molecule has 0 spiro atoms. The number of piperidine rings is 1. The van der Waals surface area contributed by atoms with Gasteiger partial charge < -0.3 is 10.2 Å². The first kappa shape index (κ1) is 13.0. The number of nitrogens with zero attached hydrogens (tertiary/aromatic N) is 1. The Kier molecular flexibility index (Phi) is 4.07. The lowest BCUT2D eigenvalue weighted by Gasteiger charge is -2.33. The number of aryl methyl sites for hydroxylation is 2. The van der Waals surface area contributed by atoms with E-state index in [0.29, 0.717) is 0 Å². The average Bonchev–Trinajstić information content (AvgIpc) is 2.45. The van der Waals surface area contributed by atoms with Gasteiger partial charge in [0, 0.05) is 18.8 Å². The lowest BCUT2D eigenvalue weighted by atomic mass is 9.93. The highest BCUT2D eigenvalue weighted by molar-refractivity contribution is 5.56.